The average molecular weight is 211 g/mol. The van der Waals surface area contributed by atoms with E-state index in [1.807, 2.05) is 12.1 Å². The number of hydrogen-bond acceptors (Lipinski definition) is 1. The molecule has 1 aromatic heterocycles. The van der Waals surface area contributed by atoms with Crippen molar-refractivity contribution in [3.05, 3.63) is 46.9 Å². The molecule has 0 fully saturated rings. The van der Waals surface area contributed by atoms with Gasteiger partial charge in [-0.3, -0.25) is 4.98 Å². The fraction of sp³-hybridized carbons (Fsp3) is 0. The van der Waals surface area contributed by atoms with E-state index in [4.69, 9.17) is 23.2 Å². The van der Waals surface area contributed by atoms with Crippen LogP contribution in [-0.2, 0) is 0 Å². The summed E-state index contributed by atoms with van der Waals surface area (Å²) in [5, 5.41) is 2.14. The molecule has 0 aliphatic carbocycles. The van der Waals surface area contributed by atoms with Crippen molar-refractivity contribution in [2.75, 3.05) is 0 Å². The second kappa shape index (κ2) is 3.17. The molecule has 13 heavy (non-hydrogen) atoms. The molecule has 0 aliphatic heterocycles. The van der Waals surface area contributed by atoms with Crippen LogP contribution in [0.3, 0.4) is 0 Å². The maximum absolute atomic E-state index is 5.97. The molecule has 0 N–H and O–H groups in total. The van der Waals surface area contributed by atoms with Gasteiger partial charge in [-0.15, -0.1) is 0 Å². The van der Waals surface area contributed by atoms with E-state index in [2.05, 4.69) is 11.9 Å². The molecule has 0 saturated heterocycles. The molecule has 2 aromatic rings. The number of benzene rings is 1. The highest BCUT2D eigenvalue weighted by Crippen LogP contribution is 2.25. The third-order valence-electron chi connectivity index (χ3n) is 1.76. The molecule has 2 rings (SSSR count). The van der Waals surface area contributed by atoms with Crippen LogP contribution in [0.1, 0.15) is 5.56 Å². The lowest BCUT2D eigenvalue weighted by atomic mass is 10.1. The van der Waals surface area contributed by atoms with Gasteiger partial charge in [0.15, 0.2) is 0 Å². The molecule has 0 atom stereocenters. The summed E-state index contributed by atoms with van der Waals surface area (Å²) in [5.74, 6) is 0. The maximum atomic E-state index is 5.97. The molecule has 1 aromatic carbocycles. The second-order valence-corrected chi connectivity index (χ2v) is 3.65. The van der Waals surface area contributed by atoms with Gasteiger partial charge in [-0.25, -0.2) is 0 Å². The van der Waals surface area contributed by atoms with Crippen molar-refractivity contribution in [3.63, 3.8) is 0 Å². The molecule has 1 nitrogen and oxygen atoms in total. The lowest BCUT2D eigenvalue weighted by molar-refractivity contribution is 1.41. The predicted octanol–water partition coefficient (Wildman–Crippen LogP) is 3.72. The molecule has 0 saturated carbocycles. The molecule has 0 unspecified atom stereocenters. The molecule has 1 heterocycles. The summed E-state index contributed by atoms with van der Waals surface area (Å²) in [7, 11) is 0. The van der Waals surface area contributed by atoms with E-state index in [1.165, 1.54) is 0 Å². The summed E-state index contributed by atoms with van der Waals surface area (Å²) in [4.78, 5) is 4.13. The Labute approximate surface area is 86.3 Å². The Morgan fingerprint density at radius 2 is 1.92 bits per heavy atom. The van der Waals surface area contributed by atoms with Gasteiger partial charge < -0.3 is 0 Å². The Hall–Kier alpha value is -0.790. The summed E-state index contributed by atoms with van der Waals surface area (Å²) < 4.78 is 0. The van der Waals surface area contributed by atoms with E-state index < -0.39 is 0 Å². The largest absolute Gasteiger partial charge is 0.253 e. The Morgan fingerprint density at radius 1 is 1.15 bits per heavy atom. The van der Waals surface area contributed by atoms with Crippen LogP contribution in [0.25, 0.3) is 10.9 Å². The van der Waals surface area contributed by atoms with Crippen LogP contribution in [0.4, 0.5) is 0 Å². The van der Waals surface area contributed by atoms with Crippen LogP contribution in [0.15, 0.2) is 24.4 Å². The van der Waals surface area contributed by atoms with E-state index in [0.717, 1.165) is 16.5 Å². The van der Waals surface area contributed by atoms with Crippen molar-refractivity contribution in [2.24, 2.45) is 0 Å². The Balaban J connectivity index is 2.86. The van der Waals surface area contributed by atoms with Crippen molar-refractivity contribution in [1.29, 1.82) is 0 Å². The number of fused-ring (bicyclic) bond motifs is 1. The lowest BCUT2D eigenvalue weighted by Gasteiger charge is -2.01. The Bertz CT molecular complexity index is 460. The van der Waals surface area contributed by atoms with Gasteiger partial charge in [-0.1, -0.05) is 23.2 Å². The van der Waals surface area contributed by atoms with E-state index in [1.54, 1.807) is 12.3 Å². The lowest BCUT2D eigenvalue weighted by Crippen LogP contribution is -1.82. The van der Waals surface area contributed by atoms with Crippen molar-refractivity contribution in [3.8, 4) is 0 Å². The van der Waals surface area contributed by atoms with Crippen LogP contribution >= 0.6 is 23.2 Å². The minimum absolute atomic E-state index is 0.606. The highest BCUT2D eigenvalue weighted by Gasteiger charge is 2.01. The molecular weight excluding hydrogens is 205 g/mol. The van der Waals surface area contributed by atoms with Gasteiger partial charge in [0.05, 0.1) is 15.6 Å². The van der Waals surface area contributed by atoms with E-state index >= 15 is 0 Å². The molecule has 3 heteroatoms. The van der Waals surface area contributed by atoms with Gasteiger partial charge in [-0.2, -0.15) is 0 Å². The van der Waals surface area contributed by atoms with Crippen molar-refractivity contribution < 1.29 is 0 Å². The third kappa shape index (κ3) is 1.62. The number of hydrogen-bond donors (Lipinski definition) is 0. The molecule has 0 bridgehead atoms. The first-order chi connectivity index (χ1) is 6.16. The number of rotatable bonds is 0. The minimum atomic E-state index is 0.606. The first kappa shape index (κ1) is 8.79. The zero-order chi connectivity index (χ0) is 9.42. The SMILES string of the molecule is [CH2]c1cc(Cl)c2ncc(Cl)cc2c1. The van der Waals surface area contributed by atoms with Crippen molar-refractivity contribution in [2.45, 2.75) is 0 Å². The summed E-state index contributed by atoms with van der Waals surface area (Å²) in [6.07, 6.45) is 1.58. The summed E-state index contributed by atoms with van der Waals surface area (Å²) in [5.41, 5.74) is 1.63. The Morgan fingerprint density at radius 3 is 2.69 bits per heavy atom. The van der Waals surface area contributed by atoms with Gasteiger partial charge in [0.1, 0.15) is 0 Å². The third-order valence-corrected chi connectivity index (χ3v) is 2.26. The number of halogens is 2. The summed E-state index contributed by atoms with van der Waals surface area (Å²) in [6, 6.07) is 5.51. The van der Waals surface area contributed by atoms with Crippen molar-refractivity contribution in [1.82, 2.24) is 4.98 Å². The van der Waals surface area contributed by atoms with Crippen LogP contribution in [-0.4, -0.2) is 4.98 Å². The highest BCUT2D eigenvalue weighted by molar-refractivity contribution is 6.35. The summed E-state index contributed by atoms with van der Waals surface area (Å²) >= 11 is 11.8. The minimum Gasteiger partial charge on any atom is -0.253 e. The Kier molecular flexibility index (Phi) is 2.14. The van der Waals surface area contributed by atoms with E-state index in [0.29, 0.717) is 10.0 Å². The van der Waals surface area contributed by atoms with E-state index in [-0.39, 0.29) is 0 Å². The van der Waals surface area contributed by atoms with Crippen LogP contribution in [0, 0.1) is 6.92 Å². The van der Waals surface area contributed by atoms with Crippen LogP contribution in [0.5, 0.6) is 0 Å². The van der Waals surface area contributed by atoms with E-state index in [9.17, 15) is 0 Å². The monoisotopic (exact) mass is 210 g/mol. The topological polar surface area (TPSA) is 12.9 Å². The van der Waals surface area contributed by atoms with Gasteiger partial charge in [0, 0.05) is 11.6 Å². The number of pyridine rings is 1. The maximum Gasteiger partial charge on any atom is 0.0889 e. The molecule has 1 radical (unpaired) electrons. The molecule has 0 spiro atoms. The van der Waals surface area contributed by atoms with Gasteiger partial charge in [0.25, 0.3) is 0 Å². The average Bonchev–Trinajstić information content (AvgIpc) is 2.02. The fourth-order valence-electron chi connectivity index (χ4n) is 1.24. The first-order valence-corrected chi connectivity index (χ1v) is 4.49. The van der Waals surface area contributed by atoms with Crippen LogP contribution < -0.4 is 0 Å². The highest BCUT2D eigenvalue weighted by atomic mass is 35.5. The fourth-order valence-corrected chi connectivity index (χ4v) is 1.70. The molecular formula is C10H6Cl2N. The van der Waals surface area contributed by atoms with Gasteiger partial charge in [-0.05, 0) is 30.7 Å². The number of aromatic nitrogens is 1. The van der Waals surface area contributed by atoms with Crippen molar-refractivity contribution >= 4 is 34.1 Å². The van der Waals surface area contributed by atoms with Crippen LogP contribution in [0.2, 0.25) is 10.0 Å². The van der Waals surface area contributed by atoms with Gasteiger partial charge >= 0.3 is 0 Å². The predicted molar refractivity (Wildman–Crippen MR) is 56.2 cm³/mol. The molecule has 0 amide bonds. The first-order valence-electron chi connectivity index (χ1n) is 3.73. The zero-order valence-electron chi connectivity index (χ0n) is 6.72. The molecule has 0 aliphatic rings. The standard InChI is InChI=1S/C10H6Cl2N/c1-6-2-7-4-8(11)5-13-10(7)9(12)3-6/h2-5H,1H2. The van der Waals surface area contributed by atoms with Gasteiger partial charge in [0.2, 0.25) is 0 Å². The number of nitrogens with zero attached hydrogens (tertiary/aromatic N) is 1. The quantitative estimate of drug-likeness (QED) is 0.646. The molecule has 65 valence electrons. The zero-order valence-corrected chi connectivity index (χ0v) is 8.23. The second-order valence-electron chi connectivity index (χ2n) is 2.80. The summed E-state index contributed by atoms with van der Waals surface area (Å²) in [6.45, 7) is 3.81. The smallest absolute Gasteiger partial charge is 0.0889 e. The normalized spacial score (nSPS) is 10.7.